The average molecular weight is 527 g/mol. The van der Waals surface area contributed by atoms with Crippen molar-refractivity contribution in [3.63, 3.8) is 0 Å². The molecule has 2 atom stereocenters. The van der Waals surface area contributed by atoms with E-state index in [1.54, 1.807) is 13.8 Å². The van der Waals surface area contributed by atoms with Crippen LogP contribution in [0, 0.1) is 25.6 Å². The molecule has 11 heteroatoms. The van der Waals surface area contributed by atoms with Crippen LogP contribution >= 0.6 is 0 Å². The van der Waals surface area contributed by atoms with Gasteiger partial charge in [0.25, 0.3) is 0 Å². The molecule has 2 aliphatic rings. The van der Waals surface area contributed by atoms with E-state index >= 15 is 4.39 Å². The Labute approximate surface area is 216 Å². The molecule has 3 aromatic heterocycles. The summed E-state index contributed by atoms with van der Waals surface area (Å²) in [5.41, 5.74) is 1.78. The van der Waals surface area contributed by atoms with Crippen LogP contribution in [0.1, 0.15) is 66.0 Å². The third-order valence-electron chi connectivity index (χ3n) is 7.33. The molecule has 2 fully saturated rings. The number of aromatic nitrogens is 6. The maximum Gasteiger partial charge on any atom is 0.416 e. The summed E-state index contributed by atoms with van der Waals surface area (Å²) in [6.07, 6.45) is 2.71. The molecule has 7 nitrogen and oxygen atoms in total. The molecule has 1 saturated carbocycles. The third kappa shape index (κ3) is 4.87. The number of nitrogens with zero attached hydrogens (tertiary/aromatic N) is 6. The maximum atomic E-state index is 15.1. The molecule has 0 bridgehead atoms. The molecular weight excluding hydrogens is 500 g/mol. The minimum Gasteiger partial charge on any atom is -0.373 e. The van der Waals surface area contributed by atoms with Crippen molar-refractivity contribution in [2.75, 3.05) is 6.61 Å². The lowest BCUT2D eigenvalue weighted by atomic mass is 9.92. The highest BCUT2D eigenvalue weighted by atomic mass is 19.4. The Morgan fingerprint density at radius 3 is 2.55 bits per heavy atom. The Bertz CT molecular complexity index is 1510. The Hall–Kier alpha value is -3.47. The van der Waals surface area contributed by atoms with Gasteiger partial charge in [0.15, 0.2) is 5.65 Å². The molecule has 1 saturated heterocycles. The molecule has 4 aromatic rings. The predicted octanol–water partition coefficient (Wildman–Crippen LogP) is 6.10. The van der Waals surface area contributed by atoms with Crippen LogP contribution in [0.3, 0.4) is 0 Å². The highest BCUT2D eigenvalue weighted by Gasteiger charge is 2.33. The standard InChI is InChI=1S/C27H26F4N6O/c1-14-15(2)34-26-24(33-14)23(20-6-5-19(10-21(20)28)27(29,30)31)35-25(36-26)17-7-8-38-22(9-17)18-11-32-37(13-18)12-16-3-4-16/h5-6,10-11,13,16-17,22H,3-4,7-9,12H2,1-2H3. The van der Waals surface area contributed by atoms with Gasteiger partial charge in [-0.25, -0.2) is 24.3 Å². The fraction of sp³-hybridized carbons (Fsp3) is 0.444. The lowest BCUT2D eigenvalue weighted by Gasteiger charge is -2.28. The van der Waals surface area contributed by atoms with Crippen LogP contribution in [-0.4, -0.2) is 36.3 Å². The molecule has 1 aliphatic carbocycles. The Kier molecular flexibility index (Phi) is 6.13. The van der Waals surface area contributed by atoms with Crippen LogP contribution in [0.2, 0.25) is 0 Å². The maximum absolute atomic E-state index is 15.1. The summed E-state index contributed by atoms with van der Waals surface area (Å²) in [6.45, 7) is 4.94. The van der Waals surface area contributed by atoms with Gasteiger partial charge in [0, 0.05) is 36.4 Å². The third-order valence-corrected chi connectivity index (χ3v) is 7.33. The van der Waals surface area contributed by atoms with Crippen molar-refractivity contribution in [3.05, 3.63) is 64.7 Å². The molecule has 1 aromatic carbocycles. The molecule has 6 rings (SSSR count). The van der Waals surface area contributed by atoms with E-state index in [1.165, 1.54) is 12.8 Å². The number of alkyl halides is 3. The number of benzene rings is 1. The SMILES string of the molecule is Cc1nc2nc(C3CCOC(c4cnn(CC5CC5)c4)C3)nc(-c3ccc(C(F)(F)F)cc3F)c2nc1C. The fourth-order valence-corrected chi connectivity index (χ4v) is 4.86. The zero-order valence-corrected chi connectivity index (χ0v) is 21.0. The molecule has 0 N–H and O–H groups in total. The second kappa shape index (κ2) is 9.37. The van der Waals surface area contributed by atoms with Crippen LogP contribution in [-0.2, 0) is 17.5 Å². The molecule has 4 heterocycles. The largest absolute Gasteiger partial charge is 0.416 e. The summed E-state index contributed by atoms with van der Waals surface area (Å²) < 4.78 is 62.6. The topological polar surface area (TPSA) is 78.6 Å². The lowest BCUT2D eigenvalue weighted by molar-refractivity contribution is -0.137. The first kappa shape index (κ1) is 24.8. The first-order valence-corrected chi connectivity index (χ1v) is 12.7. The highest BCUT2D eigenvalue weighted by Crippen LogP contribution is 2.39. The zero-order valence-electron chi connectivity index (χ0n) is 21.0. The second-order valence-electron chi connectivity index (χ2n) is 10.2. The molecular formula is C27H26F4N6O. The van der Waals surface area contributed by atoms with E-state index < -0.39 is 17.6 Å². The number of hydrogen-bond acceptors (Lipinski definition) is 6. The zero-order chi connectivity index (χ0) is 26.6. The number of ether oxygens (including phenoxy) is 1. The van der Waals surface area contributed by atoms with Crippen molar-refractivity contribution in [1.82, 2.24) is 29.7 Å². The van der Waals surface area contributed by atoms with Gasteiger partial charge in [0.2, 0.25) is 0 Å². The monoisotopic (exact) mass is 526 g/mol. The Morgan fingerprint density at radius 1 is 1.03 bits per heavy atom. The van der Waals surface area contributed by atoms with Crippen LogP contribution in [0.15, 0.2) is 30.6 Å². The number of rotatable bonds is 5. The van der Waals surface area contributed by atoms with Crippen molar-refractivity contribution < 1.29 is 22.3 Å². The van der Waals surface area contributed by atoms with E-state index in [2.05, 4.69) is 20.1 Å². The van der Waals surface area contributed by atoms with Crippen molar-refractivity contribution in [1.29, 1.82) is 0 Å². The van der Waals surface area contributed by atoms with Crippen LogP contribution in [0.5, 0.6) is 0 Å². The number of halogens is 4. The van der Waals surface area contributed by atoms with E-state index in [9.17, 15) is 13.2 Å². The number of fused-ring (bicyclic) bond motifs is 1. The van der Waals surface area contributed by atoms with Crippen LogP contribution in [0.4, 0.5) is 17.6 Å². The van der Waals surface area contributed by atoms with E-state index in [-0.39, 0.29) is 34.4 Å². The van der Waals surface area contributed by atoms with E-state index in [1.807, 2.05) is 17.1 Å². The Morgan fingerprint density at radius 2 is 1.82 bits per heavy atom. The van der Waals surface area contributed by atoms with Gasteiger partial charge in [-0.15, -0.1) is 0 Å². The van der Waals surface area contributed by atoms with E-state index in [0.29, 0.717) is 48.6 Å². The van der Waals surface area contributed by atoms with Crippen LogP contribution < -0.4 is 0 Å². The quantitative estimate of drug-likeness (QED) is 0.292. The molecule has 0 radical (unpaired) electrons. The average Bonchev–Trinajstić information content (AvgIpc) is 3.57. The minimum atomic E-state index is -4.66. The molecule has 2 unspecified atom stereocenters. The van der Waals surface area contributed by atoms with Gasteiger partial charge in [0.05, 0.1) is 29.3 Å². The van der Waals surface area contributed by atoms with Gasteiger partial charge < -0.3 is 4.74 Å². The van der Waals surface area contributed by atoms with Gasteiger partial charge in [-0.05, 0) is 63.6 Å². The summed E-state index contributed by atoms with van der Waals surface area (Å²) in [5, 5.41) is 4.48. The molecule has 1 aliphatic heterocycles. The number of hydrogen-bond donors (Lipinski definition) is 0. The fourth-order valence-electron chi connectivity index (χ4n) is 4.86. The lowest BCUT2D eigenvalue weighted by Crippen LogP contribution is -2.20. The van der Waals surface area contributed by atoms with Gasteiger partial charge in [-0.3, -0.25) is 4.68 Å². The van der Waals surface area contributed by atoms with Crippen molar-refractivity contribution in [2.45, 2.75) is 64.3 Å². The Balaban J connectivity index is 1.38. The van der Waals surface area contributed by atoms with Crippen molar-refractivity contribution in [3.8, 4) is 11.3 Å². The van der Waals surface area contributed by atoms with Gasteiger partial charge in [-0.1, -0.05) is 0 Å². The van der Waals surface area contributed by atoms with E-state index in [4.69, 9.17) is 9.72 Å². The normalized spacial score (nSPS) is 20.3. The summed E-state index contributed by atoms with van der Waals surface area (Å²) in [5.74, 6) is -0.00246. The van der Waals surface area contributed by atoms with Gasteiger partial charge in [0.1, 0.15) is 22.9 Å². The van der Waals surface area contributed by atoms with Gasteiger partial charge >= 0.3 is 6.18 Å². The molecule has 38 heavy (non-hydrogen) atoms. The summed E-state index contributed by atoms with van der Waals surface area (Å²) in [6, 6.07) is 2.44. The highest BCUT2D eigenvalue weighted by molar-refractivity contribution is 5.87. The molecule has 0 amide bonds. The summed E-state index contributed by atoms with van der Waals surface area (Å²) in [7, 11) is 0. The first-order chi connectivity index (χ1) is 18.2. The molecule has 0 spiro atoms. The van der Waals surface area contributed by atoms with Gasteiger partial charge in [-0.2, -0.15) is 18.3 Å². The van der Waals surface area contributed by atoms with Crippen molar-refractivity contribution >= 4 is 11.2 Å². The summed E-state index contributed by atoms with van der Waals surface area (Å²) in [4.78, 5) is 18.5. The van der Waals surface area contributed by atoms with Crippen LogP contribution in [0.25, 0.3) is 22.4 Å². The smallest absolute Gasteiger partial charge is 0.373 e. The second-order valence-corrected chi connectivity index (χ2v) is 10.2. The van der Waals surface area contributed by atoms with E-state index in [0.717, 1.165) is 24.2 Å². The first-order valence-electron chi connectivity index (χ1n) is 12.7. The van der Waals surface area contributed by atoms with Crippen molar-refractivity contribution in [2.24, 2.45) is 5.92 Å². The minimum absolute atomic E-state index is 0.0748. The number of aryl methyl sites for hydroxylation is 2. The summed E-state index contributed by atoms with van der Waals surface area (Å²) >= 11 is 0. The predicted molar refractivity (Wildman–Crippen MR) is 131 cm³/mol. The molecule has 198 valence electrons.